The van der Waals surface area contributed by atoms with Crippen molar-refractivity contribution < 1.29 is 13.2 Å². The minimum Gasteiger partial charge on any atom is -0.380 e. The fourth-order valence-corrected chi connectivity index (χ4v) is 3.06. The van der Waals surface area contributed by atoms with Crippen LogP contribution in [0.5, 0.6) is 0 Å². The normalized spacial score (nSPS) is 15.7. The highest BCUT2D eigenvalue weighted by Gasteiger charge is 2.26. The second-order valence-electron chi connectivity index (χ2n) is 4.88. The lowest BCUT2D eigenvalue weighted by molar-refractivity contribution is 0.153. The van der Waals surface area contributed by atoms with Gasteiger partial charge >= 0.3 is 0 Å². The van der Waals surface area contributed by atoms with E-state index in [0.717, 1.165) is 18.5 Å². The van der Waals surface area contributed by atoms with Gasteiger partial charge in [-0.15, -0.1) is 0 Å². The third kappa shape index (κ3) is 4.02. The first-order chi connectivity index (χ1) is 9.54. The Bertz CT molecular complexity index is 537. The van der Waals surface area contributed by atoms with E-state index in [1.807, 2.05) is 13.8 Å². The van der Waals surface area contributed by atoms with Gasteiger partial charge in [-0.25, -0.2) is 13.1 Å². The number of rotatable bonds is 9. The van der Waals surface area contributed by atoms with Crippen molar-refractivity contribution in [2.24, 2.45) is 0 Å². The summed E-state index contributed by atoms with van der Waals surface area (Å²) < 4.78 is 32.0. The van der Waals surface area contributed by atoms with E-state index in [1.165, 1.54) is 0 Å². The molecule has 1 heterocycles. The zero-order valence-corrected chi connectivity index (χ0v) is 12.7. The van der Waals surface area contributed by atoms with Crippen LogP contribution in [-0.2, 0) is 21.3 Å². The lowest BCUT2D eigenvalue weighted by Gasteiger charge is -2.08. The summed E-state index contributed by atoms with van der Waals surface area (Å²) in [4.78, 5) is 0. The molecule has 3 N–H and O–H groups in total. The lowest BCUT2D eigenvalue weighted by Crippen LogP contribution is -2.29. The van der Waals surface area contributed by atoms with Crippen LogP contribution in [0.1, 0.15) is 31.0 Å². The molecule has 1 aromatic heterocycles. The lowest BCUT2D eigenvalue weighted by atomic mass is 10.2. The topological polar surface area (TPSA) is 96.1 Å². The van der Waals surface area contributed by atoms with Crippen LogP contribution in [-0.4, -0.2) is 44.4 Å². The Kier molecular flexibility index (Phi) is 5.14. The molecule has 0 aliphatic heterocycles. The summed E-state index contributed by atoms with van der Waals surface area (Å²) in [6.07, 6.45) is 2.32. The Labute approximate surface area is 119 Å². The number of ether oxygens (including phenoxy) is 1. The summed E-state index contributed by atoms with van der Waals surface area (Å²) in [6.45, 7) is 5.39. The number of hydrogen-bond donors (Lipinski definition) is 3. The predicted octanol–water partition coefficient (Wildman–Crippen LogP) is 0.285. The highest BCUT2D eigenvalue weighted by atomic mass is 32.2. The van der Waals surface area contributed by atoms with Gasteiger partial charge in [-0.2, -0.15) is 5.10 Å². The zero-order chi connectivity index (χ0) is 14.6. The molecule has 0 amide bonds. The van der Waals surface area contributed by atoms with Crippen LogP contribution in [0.2, 0.25) is 0 Å². The number of nitrogens with zero attached hydrogens (tertiary/aromatic N) is 1. The minimum absolute atomic E-state index is 0.0830. The van der Waals surface area contributed by atoms with Gasteiger partial charge in [0.2, 0.25) is 0 Å². The number of aryl methyl sites for hydroxylation is 1. The Hall–Kier alpha value is -0.960. The molecule has 1 aliphatic carbocycles. The maximum Gasteiger partial charge on any atom is 0.260 e. The molecule has 1 aromatic rings. The van der Waals surface area contributed by atoms with E-state index in [9.17, 15) is 8.42 Å². The Morgan fingerprint density at radius 1 is 1.45 bits per heavy atom. The van der Waals surface area contributed by atoms with Crippen LogP contribution < -0.4 is 10.0 Å². The highest BCUT2D eigenvalue weighted by Crippen LogP contribution is 2.21. The van der Waals surface area contributed by atoms with Crippen LogP contribution in [0.25, 0.3) is 0 Å². The fourth-order valence-electron chi connectivity index (χ4n) is 1.86. The Balaban J connectivity index is 2.01. The van der Waals surface area contributed by atoms with Crippen molar-refractivity contribution in [3.63, 3.8) is 0 Å². The van der Waals surface area contributed by atoms with Crippen LogP contribution in [0.3, 0.4) is 0 Å². The molecule has 0 atom stereocenters. The van der Waals surface area contributed by atoms with Crippen molar-refractivity contribution in [2.75, 3.05) is 19.8 Å². The molecule has 1 aliphatic rings. The molecule has 20 heavy (non-hydrogen) atoms. The molecular weight excluding hydrogens is 280 g/mol. The molecule has 0 spiro atoms. The molecule has 0 unspecified atom stereocenters. The summed E-state index contributed by atoms with van der Waals surface area (Å²) in [6, 6.07) is 0.519. The zero-order valence-electron chi connectivity index (χ0n) is 11.9. The molecule has 1 fully saturated rings. The van der Waals surface area contributed by atoms with E-state index in [1.54, 1.807) is 0 Å². The molecule has 0 radical (unpaired) electrons. The molecule has 7 nitrogen and oxygen atoms in total. The van der Waals surface area contributed by atoms with E-state index in [0.29, 0.717) is 31.4 Å². The average Bonchev–Trinajstić information content (AvgIpc) is 3.15. The smallest absolute Gasteiger partial charge is 0.260 e. The maximum absolute atomic E-state index is 12.2. The van der Waals surface area contributed by atoms with Gasteiger partial charge < -0.3 is 10.1 Å². The van der Waals surface area contributed by atoms with Crippen molar-refractivity contribution in [1.29, 1.82) is 0 Å². The second-order valence-corrected chi connectivity index (χ2v) is 6.56. The van der Waals surface area contributed by atoms with Gasteiger partial charge in [-0.1, -0.05) is 0 Å². The van der Waals surface area contributed by atoms with Crippen molar-refractivity contribution in [3.8, 4) is 0 Å². The third-order valence-corrected chi connectivity index (χ3v) is 4.61. The Morgan fingerprint density at radius 2 is 2.20 bits per heavy atom. The fraction of sp³-hybridized carbons (Fsp3) is 0.750. The van der Waals surface area contributed by atoms with Crippen molar-refractivity contribution >= 4 is 10.0 Å². The number of hydrogen-bond acceptors (Lipinski definition) is 5. The summed E-state index contributed by atoms with van der Waals surface area (Å²) >= 11 is 0. The monoisotopic (exact) mass is 302 g/mol. The standard InChI is InChI=1S/C12H22N4O3S/c1-3-19-7-6-14-20(17,18)12-11(9(2)15-16-12)8-13-10-4-5-10/h10,13-14H,3-8H2,1-2H3,(H,15,16). The van der Waals surface area contributed by atoms with Gasteiger partial charge in [-0.3, -0.25) is 5.10 Å². The van der Waals surface area contributed by atoms with Gasteiger partial charge in [0.05, 0.1) is 6.61 Å². The summed E-state index contributed by atoms with van der Waals surface area (Å²) in [5, 5.41) is 10.1. The van der Waals surface area contributed by atoms with Crippen LogP contribution in [0.4, 0.5) is 0 Å². The summed E-state index contributed by atoms with van der Waals surface area (Å²) in [5.41, 5.74) is 1.49. The van der Waals surface area contributed by atoms with Gasteiger partial charge in [0.25, 0.3) is 10.0 Å². The molecule has 2 rings (SSSR count). The van der Waals surface area contributed by atoms with Gasteiger partial charge in [0.1, 0.15) is 0 Å². The number of sulfonamides is 1. The maximum atomic E-state index is 12.2. The molecule has 8 heteroatoms. The van der Waals surface area contributed by atoms with Crippen LogP contribution in [0.15, 0.2) is 5.03 Å². The number of nitrogens with one attached hydrogen (secondary N) is 3. The molecule has 0 aromatic carbocycles. The first-order valence-corrected chi connectivity index (χ1v) is 8.37. The highest BCUT2D eigenvalue weighted by molar-refractivity contribution is 7.89. The quantitative estimate of drug-likeness (QED) is 0.570. The first-order valence-electron chi connectivity index (χ1n) is 6.89. The minimum atomic E-state index is -3.59. The number of aromatic nitrogens is 2. The Morgan fingerprint density at radius 3 is 2.85 bits per heavy atom. The van der Waals surface area contributed by atoms with E-state index >= 15 is 0 Å². The van der Waals surface area contributed by atoms with Gasteiger partial charge in [0, 0.05) is 37.0 Å². The molecular formula is C12H22N4O3S. The second kappa shape index (κ2) is 6.66. The van der Waals surface area contributed by atoms with Gasteiger partial charge in [-0.05, 0) is 26.7 Å². The van der Waals surface area contributed by atoms with Crippen molar-refractivity contribution in [3.05, 3.63) is 11.3 Å². The summed E-state index contributed by atoms with van der Waals surface area (Å²) in [5.74, 6) is 0. The molecule has 114 valence electrons. The third-order valence-electron chi connectivity index (χ3n) is 3.18. The largest absolute Gasteiger partial charge is 0.380 e. The molecule has 0 bridgehead atoms. The van der Waals surface area contributed by atoms with Crippen molar-refractivity contribution in [1.82, 2.24) is 20.2 Å². The number of H-pyrrole nitrogens is 1. The van der Waals surface area contributed by atoms with E-state index < -0.39 is 10.0 Å². The van der Waals surface area contributed by atoms with Crippen LogP contribution >= 0.6 is 0 Å². The van der Waals surface area contributed by atoms with E-state index in [-0.39, 0.29) is 11.6 Å². The van der Waals surface area contributed by atoms with Crippen molar-refractivity contribution in [2.45, 2.75) is 44.3 Å². The SMILES string of the molecule is CCOCCNS(=O)(=O)c1n[nH]c(C)c1CNC1CC1. The molecule has 0 saturated heterocycles. The molecule has 1 saturated carbocycles. The first kappa shape index (κ1) is 15.4. The van der Waals surface area contributed by atoms with Crippen LogP contribution in [0, 0.1) is 6.92 Å². The summed E-state index contributed by atoms with van der Waals surface area (Å²) in [7, 11) is -3.59. The van der Waals surface area contributed by atoms with E-state index in [2.05, 4.69) is 20.2 Å². The average molecular weight is 302 g/mol. The number of aromatic amines is 1. The van der Waals surface area contributed by atoms with E-state index in [4.69, 9.17) is 4.74 Å². The van der Waals surface area contributed by atoms with Gasteiger partial charge in [0.15, 0.2) is 5.03 Å². The predicted molar refractivity (Wildman–Crippen MR) is 74.9 cm³/mol.